The van der Waals surface area contributed by atoms with Gasteiger partial charge in [0.25, 0.3) is 0 Å². The number of aromatic nitrogens is 1. The summed E-state index contributed by atoms with van der Waals surface area (Å²) >= 11 is 0. The van der Waals surface area contributed by atoms with Gasteiger partial charge in [-0.25, -0.2) is 4.79 Å². The third-order valence-corrected chi connectivity index (χ3v) is 4.11. The van der Waals surface area contributed by atoms with Crippen molar-refractivity contribution in [2.75, 3.05) is 6.61 Å². The van der Waals surface area contributed by atoms with Crippen LogP contribution in [-0.4, -0.2) is 27.4 Å². The van der Waals surface area contributed by atoms with E-state index in [2.05, 4.69) is 26.8 Å². The van der Waals surface area contributed by atoms with Crippen molar-refractivity contribution in [3.8, 4) is 0 Å². The molecule has 0 unspecified atom stereocenters. The highest BCUT2D eigenvalue weighted by Gasteiger charge is 2.18. The van der Waals surface area contributed by atoms with E-state index < -0.39 is 5.97 Å². The minimum Gasteiger partial charge on any atom is -0.478 e. The number of carboxylic acids is 1. The van der Waals surface area contributed by atoms with Gasteiger partial charge in [-0.05, 0) is 42.0 Å². The second-order valence-electron chi connectivity index (χ2n) is 6.10. The second kappa shape index (κ2) is 6.97. The van der Waals surface area contributed by atoms with Crippen LogP contribution >= 0.6 is 0 Å². The van der Waals surface area contributed by atoms with Crippen LogP contribution in [0.4, 0.5) is 0 Å². The first-order valence-corrected chi connectivity index (χ1v) is 7.99. The first-order chi connectivity index (χ1) is 10.5. The maximum Gasteiger partial charge on any atom is 0.337 e. The highest BCUT2D eigenvalue weighted by atomic mass is 16.4. The largest absolute Gasteiger partial charge is 0.478 e. The van der Waals surface area contributed by atoms with Gasteiger partial charge in [-0.15, -0.1) is 0 Å². The molecule has 0 saturated heterocycles. The standard InChI is InChI=1S/C18H25NO3/c1-4-5-6-13-11-19(7-8-20)17-15(13)9-14(12(2)3)10-16(17)18(21)22/h9-12,20H,4-8H2,1-3H3,(H,21,22). The molecule has 22 heavy (non-hydrogen) atoms. The maximum atomic E-state index is 11.7. The van der Waals surface area contributed by atoms with Crippen LogP contribution in [0.15, 0.2) is 18.3 Å². The van der Waals surface area contributed by atoms with Gasteiger partial charge < -0.3 is 14.8 Å². The van der Waals surface area contributed by atoms with Gasteiger partial charge in [0.05, 0.1) is 17.7 Å². The minimum atomic E-state index is -0.910. The van der Waals surface area contributed by atoms with E-state index in [1.54, 1.807) is 6.07 Å². The molecule has 0 aliphatic rings. The molecule has 0 aliphatic carbocycles. The van der Waals surface area contributed by atoms with Gasteiger partial charge in [0, 0.05) is 18.1 Å². The lowest BCUT2D eigenvalue weighted by molar-refractivity contribution is 0.0698. The van der Waals surface area contributed by atoms with Gasteiger partial charge in [-0.1, -0.05) is 27.2 Å². The van der Waals surface area contributed by atoms with Crippen LogP contribution in [0.3, 0.4) is 0 Å². The normalized spacial score (nSPS) is 11.5. The average Bonchev–Trinajstić information content (AvgIpc) is 2.82. The van der Waals surface area contributed by atoms with Crippen molar-refractivity contribution in [3.05, 3.63) is 35.0 Å². The van der Waals surface area contributed by atoms with Crippen LogP contribution in [0.1, 0.15) is 61.0 Å². The van der Waals surface area contributed by atoms with Crippen molar-refractivity contribution >= 4 is 16.9 Å². The molecule has 0 aliphatic heterocycles. The number of aromatic carboxylic acids is 1. The van der Waals surface area contributed by atoms with E-state index in [-0.39, 0.29) is 12.5 Å². The van der Waals surface area contributed by atoms with E-state index in [1.807, 2.05) is 10.8 Å². The third kappa shape index (κ3) is 3.17. The minimum absolute atomic E-state index is 0.00197. The number of carboxylic acid groups (broad SMARTS) is 1. The Labute approximate surface area is 131 Å². The third-order valence-electron chi connectivity index (χ3n) is 4.11. The van der Waals surface area contributed by atoms with Crippen LogP contribution < -0.4 is 0 Å². The van der Waals surface area contributed by atoms with Crippen LogP contribution in [0.5, 0.6) is 0 Å². The number of nitrogens with zero attached hydrogens (tertiary/aromatic N) is 1. The molecule has 0 radical (unpaired) electrons. The maximum absolute atomic E-state index is 11.7. The van der Waals surface area contributed by atoms with Crippen LogP contribution in [0, 0.1) is 0 Å². The lowest BCUT2D eigenvalue weighted by Crippen LogP contribution is -2.06. The lowest BCUT2D eigenvalue weighted by atomic mass is 9.96. The predicted octanol–water partition coefficient (Wildman–Crippen LogP) is 3.80. The SMILES string of the molecule is CCCCc1cn(CCO)c2c(C(=O)O)cc(C(C)C)cc12. The first-order valence-electron chi connectivity index (χ1n) is 7.99. The summed E-state index contributed by atoms with van der Waals surface area (Å²) in [6.45, 7) is 6.72. The molecule has 0 amide bonds. The fourth-order valence-electron chi connectivity index (χ4n) is 2.88. The molecular weight excluding hydrogens is 278 g/mol. The number of unbranched alkanes of at least 4 members (excludes halogenated alkanes) is 1. The molecule has 120 valence electrons. The quantitative estimate of drug-likeness (QED) is 0.818. The van der Waals surface area contributed by atoms with E-state index in [0.29, 0.717) is 12.1 Å². The molecule has 1 aromatic carbocycles. The molecule has 0 saturated carbocycles. The zero-order valence-corrected chi connectivity index (χ0v) is 13.6. The molecule has 4 nitrogen and oxygen atoms in total. The summed E-state index contributed by atoms with van der Waals surface area (Å²) in [5.74, 6) is -0.630. The fraction of sp³-hybridized carbons (Fsp3) is 0.500. The first kappa shape index (κ1) is 16.6. The summed E-state index contributed by atoms with van der Waals surface area (Å²) in [5, 5.41) is 19.9. The molecule has 0 bridgehead atoms. The summed E-state index contributed by atoms with van der Waals surface area (Å²) in [4.78, 5) is 11.7. The molecule has 2 aromatic rings. The summed E-state index contributed by atoms with van der Waals surface area (Å²) in [6.07, 6.45) is 5.12. The Hall–Kier alpha value is -1.81. The van der Waals surface area contributed by atoms with Crippen molar-refractivity contribution < 1.29 is 15.0 Å². The van der Waals surface area contributed by atoms with E-state index >= 15 is 0 Å². The molecular formula is C18H25NO3. The van der Waals surface area contributed by atoms with Gasteiger partial charge in [0.2, 0.25) is 0 Å². The molecule has 1 aromatic heterocycles. The monoisotopic (exact) mass is 303 g/mol. The Morgan fingerprint density at radius 2 is 2.05 bits per heavy atom. The fourth-order valence-corrected chi connectivity index (χ4v) is 2.88. The second-order valence-corrected chi connectivity index (χ2v) is 6.10. The van der Waals surface area contributed by atoms with Crippen LogP contribution in [0.25, 0.3) is 10.9 Å². The number of aryl methyl sites for hydroxylation is 1. The highest BCUT2D eigenvalue weighted by Crippen LogP contribution is 2.30. The number of aliphatic hydroxyl groups excluding tert-OH is 1. The summed E-state index contributed by atoms with van der Waals surface area (Å²) in [6, 6.07) is 3.89. The number of aliphatic hydroxyl groups is 1. The zero-order valence-electron chi connectivity index (χ0n) is 13.6. The van der Waals surface area contributed by atoms with Gasteiger partial charge in [-0.3, -0.25) is 0 Å². The number of hydrogen-bond acceptors (Lipinski definition) is 2. The average molecular weight is 303 g/mol. The van der Waals surface area contributed by atoms with Crippen molar-refractivity contribution in [1.29, 1.82) is 0 Å². The number of benzene rings is 1. The van der Waals surface area contributed by atoms with Gasteiger partial charge >= 0.3 is 5.97 Å². The Morgan fingerprint density at radius 1 is 1.32 bits per heavy atom. The van der Waals surface area contributed by atoms with Crippen molar-refractivity contribution in [2.24, 2.45) is 0 Å². The van der Waals surface area contributed by atoms with Crippen LogP contribution in [-0.2, 0) is 13.0 Å². The summed E-state index contributed by atoms with van der Waals surface area (Å²) < 4.78 is 1.88. The molecule has 0 fully saturated rings. The Kier molecular flexibility index (Phi) is 5.24. The number of carbonyl (C=O) groups is 1. The lowest BCUT2D eigenvalue weighted by Gasteiger charge is -2.11. The molecule has 4 heteroatoms. The van der Waals surface area contributed by atoms with Crippen molar-refractivity contribution in [1.82, 2.24) is 4.57 Å². The van der Waals surface area contributed by atoms with Gasteiger partial charge in [0.15, 0.2) is 0 Å². The van der Waals surface area contributed by atoms with Crippen molar-refractivity contribution in [2.45, 2.75) is 52.5 Å². The molecule has 1 heterocycles. The molecule has 2 rings (SSSR count). The van der Waals surface area contributed by atoms with Crippen molar-refractivity contribution in [3.63, 3.8) is 0 Å². The van der Waals surface area contributed by atoms with E-state index in [0.717, 1.165) is 35.7 Å². The molecule has 2 N–H and O–H groups in total. The van der Waals surface area contributed by atoms with Gasteiger partial charge in [-0.2, -0.15) is 0 Å². The Morgan fingerprint density at radius 3 is 2.59 bits per heavy atom. The highest BCUT2D eigenvalue weighted by molar-refractivity contribution is 6.04. The number of hydrogen-bond donors (Lipinski definition) is 2. The van der Waals surface area contributed by atoms with E-state index in [1.165, 1.54) is 5.56 Å². The van der Waals surface area contributed by atoms with Crippen LogP contribution in [0.2, 0.25) is 0 Å². The predicted molar refractivity (Wildman–Crippen MR) is 88.7 cm³/mol. The van der Waals surface area contributed by atoms with E-state index in [9.17, 15) is 15.0 Å². The summed E-state index contributed by atoms with van der Waals surface area (Å²) in [7, 11) is 0. The van der Waals surface area contributed by atoms with Gasteiger partial charge in [0.1, 0.15) is 0 Å². The number of fused-ring (bicyclic) bond motifs is 1. The number of rotatable bonds is 7. The molecule has 0 spiro atoms. The zero-order chi connectivity index (χ0) is 16.3. The Bertz CT molecular complexity index is 671. The summed E-state index contributed by atoms with van der Waals surface area (Å²) in [5.41, 5.74) is 3.29. The van der Waals surface area contributed by atoms with E-state index in [4.69, 9.17) is 0 Å². The molecule has 0 atom stereocenters. The smallest absolute Gasteiger partial charge is 0.337 e. The Balaban J connectivity index is 2.72. The topological polar surface area (TPSA) is 62.5 Å².